The standard InChI is InChI=1S/C16H17Br2NO2/c1-20-16-10(7-11(17)8-13(16)18)9-19-14-3-2-4-15-12(14)5-6-21-15/h5-8,14,19H,2-4,9H2,1H3. The van der Waals surface area contributed by atoms with Crippen molar-refractivity contribution in [3.8, 4) is 5.75 Å². The molecule has 0 bridgehead atoms. The van der Waals surface area contributed by atoms with Gasteiger partial charge in [-0.3, -0.25) is 0 Å². The molecule has 1 unspecified atom stereocenters. The summed E-state index contributed by atoms with van der Waals surface area (Å²) in [6.07, 6.45) is 5.15. The maximum Gasteiger partial charge on any atom is 0.137 e. The van der Waals surface area contributed by atoms with Gasteiger partial charge in [-0.1, -0.05) is 15.9 Å². The average Bonchev–Trinajstić information content (AvgIpc) is 2.93. The van der Waals surface area contributed by atoms with E-state index in [1.165, 1.54) is 5.56 Å². The fraction of sp³-hybridized carbons (Fsp3) is 0.375. The zero-order valence-electron chi connectivity index (χ0n) is 11.8. The zero-order valence-corrected chi connectivity index (χ0v) is 15.0. The zero-order chi connectivity index (χ0) is 14.8. The Morgan fingerprint density at radius 2 is 2.24 bits per heavy atom. The van der Waals surface area contributed by atoms with Gasteiger partial charge in [0.05, 0.1) is 17.8 Å². The number of rotatable bonds is 4. The molecule has 1 heterocycles. The molecule has 5 heteroatoms. The third-order valence-electron chi connectivity index (χ3n) is 3.88. The summed E-state index contributed by atoms with van der Waals surface area (Å²) >= 11 is 7.08. The molecular formula is C16H17Br2NO2. The van der Waals surface area contributed by atoms with Crippen LogP contribution in [0.5, 0.6) is 5.75 Å². The number of benzene rings is 1. The third kappa shape index (κ3) is 3.20. The van der Waals surface area contributed by atoms with Gasteiger partial charge in [0.15, 0.2) is 0 Å². The summed E-state index contributed by atoms with van der Waals surface area (Å²) < 4.78 is 13.0. The molecule has 0 fully saturated rings. The van der Waals surface area contributed by atoms with E-state index >= 15 is 0 Å². The molecule has 2 aromatic rings. The molecule has 0 saturated heterocycles. The molecular weight excluding hydrogens is 398 g/mol. The number of hydrogen-bond donors (Lipinski definition) is 1. The number of halogens is 2. The molecule has 0 radical (unpaired) electrons. The lowest BCUT2D eigenvalue weighted by Crippen LogP contribution is -2.24. The van der Waals surface area contributed by atoms with Gasteiger partial charge in [0, 0.05) is 34.6 Å². The lowest BCUT2D eigenvalue weighted by Gasteiger charge is -2.23. The van der Waals surface area contributed by atoms with Crippen molar-refractivity contribution in [2.45, 2.75) is 31.8 Å². The highest BCUT2D eigenvalue weighted by atomic mass is 79.9. The van der Waals surface area contributed by atoms with Crippen LogP contribution in [0.25, 0.3) is 0 Å². The van der Waals surface area contributed by atoms with Gasteiger partial charge < -0.3 is 14.5 Å². The van der Waals surface area contributed by atoms with Crippen molar-refractivity contribution >= 4 is 31.9 Å². The summed E-state index contributed by atoms with van der Waals surface area (Å²) in [7, 11) is 1.70. The molecule has 1 N–H and O–H groups in total. The van der Waals surface area contributed by atoms with Gasteiger partial charge in [-0.2, -0.15) is 0 Å². The lowest BCUT2D eigenvalue weighted by atomic mass is 9.93. The van der Waals surface area contributed by atoms with Crippen molar-refractivity contribution in [3.63, 3.8) is 0 Å². The van der Waals surface area contributed by atoms with Gasteiger partial charge in [-0.25, -0.2) is 0 Å². The highest BCUT2D eigenvalue weighted by Gasteiger charge is 2.22. The first-order valence-electron chi connectivity index (χ1n) is 7.00. The number of aryl methyl sites for hydroxylation is 1. The minimum atomic E-state index is 0.356. The maximum atomic E-state index is 5.54. The Bertz CT molecular complexity index is 639. The first kappa shape index (κ1) is 15.1. The topological polar surface area (TPSA) is 34.4 Å². The van der Waals surface area contributed by atoms with Crippen LogP contribution < -0.4 is 10.1 Å². The van der Waals surface area contributed by atoms with Gasteiger partial charge in [0.2, 0.25) is 0 Å². The van der Waals surface area contributed by atoms with Crippen LogP contribution in [0.2, 0.25) is 0 Å². The second-order valence-corrected chi connectivity index (χ2v) is 6.97. The van der Waals surface area contributed by atoms with Gasteiger partial charge >= 0.3 is 0 Å². The molecule has 0 saturated carbocycles. The van der Waals surface area contributed by atoms with Crippen LogP contribution in [-0.2, 0) is 13.0 Å². The summed E-state index contributed by atoms with van der Waals surface area (Å²) in [5, 5.41) is 3.63. The molecule has 3 rings (SSSR count). The number of fused-ring (bicyclic) bond motifs is 1. The van der Waals surface area contributed by atoms with Crippen molar-refractivity contribution in [2.24, 2.45) is 0 Å². The smallest absolute Gasteiger partial charge is 0.137 e. The Morgan fingerprint density at radius 3 is 3.05 bits per heavy atom. The summed E-state index contributed by atoms with van der Waals surface area (Å²) in [5.74, 6) is 2.01. The fourth-order valence-electron chi connectivity index (χ4n) is 2.91. The largest absolute Gasteiger partial charge is 0.495 e. The second-order valence-electron chi connectivity index (χ2n) is 5.20. The van der Waals surface area contributed by atoms with Crippen LogP contribution in [-0.4, -0.2) is 7.11 Å². The fourth-order valence-corrected chi connectivity index (χ4v) is 4.38. The number of furan rings is 1. The molecule has 1 aliphatic rings. The summed E-state index contributed by atoms with van der Waals surface area (Å²) in [4.78, 5) is 0. The van der Waals surface area contributed by atoms with E-state index in [4.69, 9.17) is 9.15 Å². The average molecular weight is 415 g/mol. The SMILES string of the molecule is COc1c(Br)cc(Br)cc1CNC1CCCc2occc21. The summed E-state index contributed by atoms with van der Waals surface area (Å²) in [6, 6.07) is 6.53. The van der Waals surface area contributed by atoms with Gasteiger partial charge in [-0.15, -0.1) is 0 Å². The van der Waals surface area contributed by atoms with Crippen molar-refractivity contribution in [2.75, 3.05) is 7.11 Å². The van der Waals surface area contributed by atoms with Gasteiger partial charge in [-0.05, 0) is 47.0 Å². The minimum absolute atomic E-state index is 0.356. The van der Waals surface area contributed by atoms with Crippen LogP contribution in [0.3, 0.4) is 0 Å². The van der Waals surface area contributed by atoms with Crippen molar-refractivity contribution in [3.05, 3.63) is 50.3 Å². The first-order chi connectivity index (χ1) is 10.2. The van der Waals surface area contributed by atoms with Gasteiger partial charge in [0.25, 0.3) is 0 Å². The number of ether oxygens (including phenoxy) is 1. The van der Waals surface area contributed by atoms with E-state index in [0.717, 1.165) is 51.8 Å². The Kier molecular flexibility index (Phi) is 4.72. The third-order valence-corrected chi connectivity index (χ3v) is 4.93. The predicted octanol–water partition coefficient (Wildman–Crippen LogP) is 4.98. The maximum absolute atomic E-state index is 5.54. The van der Waals surface area contributed by atoms with E-state index in [0.29, 0.717) is 6.04 Å². The van der Waals surface area contributed by atoms with Crippen LogP contribution in [0, 0.1) is 0 Å². The van der Waals surface area contributed by atoms with Crippen LogP contribution in [0.1, 0.15) is 35.8 Å². The van der Waals surface area contributed by atoms with Crippen LogP contribution in [0.15, 0.2) is 37.8 Å². The molecule has 112 valence electrons. The Morgan fingerprint density at radius 1 is 1.38 bits per heavy atom. The van der Waals surface area contributed by atoms with E-state index in [1.54, 1.807) is 13.4 Å². The highest BCUT2D eigenvalue weighted by molar-refractivity contribution is 9.11. The normalized spacial score (nSPS) is 17.6. The lowest BCUT2D eigenvalue weighted by molar-refractivity contribution is 0.391. The number of hydrogen-bond acceptors (Lipinski definition) is 3. The quantitative estimate of drug-likeness (QED) is 0.765. The highest BCUT2D eigenvalue weighted by Crippen LogP contribution is 2.34. The van der Waals surface area contributed by atoms with Crippen molar-refractivity contribution in [1.29, 1.82) is 0 Å². The molecule has 0 amide bonds. The number of nitrogens with one attached hydrogen (secondary N) is 1. The molecule has 1 atom stereocenters. The van der Waals surface area contributed by atoms with E-state index in [9.17, 15) is 0 Å². The van der Waals surface area contributed by atoms with Crippen molar-refractivity contribution in [1.82, 2.24) is 5.32 Å². The molecule has 3 nitrogen and oxygen atoms in total. The molecule has 21 heavy (non-hydrogen) atoms. The van der Waals surface area contributed by atoms with E-state index in [1.807, 2.05) is 6.07 Å². The second kappa shape index (κ2) is 6.55. The van der Waals surface area contributed by atoms with Crippen LogP contribution >= 0.6 is 31.9 Å². The van der Waals surface area contributed by atoms with Crippen molar-refractivity contribution < 1.29 is 9.15 Å². The summed E-state index contributed by atoms with van der Waals surface area (Å²) in [6.45, 7) is 0.760. The van der Waals surface area contributed by atoms with E-state index in [2.05, 4.69) is 49.3 Å². The van der Waals surface area contributed by atoms with Gasteiger partial charge in [0.1, 0.15) is 11.5 Å². The Balaban J connectivity index is 1.77. The molecule has 1 aromatic carbocycles. The Labute approximate surface area is 141 Å². The molecule has 1 aromatic heterocycles. The summed E-state index contributed by atoms with van der Waals surface area (Å²) in [5.41, 5.74) is 2.43. The number of methoxy groups -OCH3 is 1. The van der Waals surface area contributed by atoms with E-state index < -0.39 is 0 Å². The Hall–Kier alpha value is -0.780. The van der Waals surface area contributed by atoms with E-state index in [-0.39, 0.29) is 0 Å². The molecule has 0 aliphatic heterocycles. The monoisotopic (exact) mass is 413 g/mol. The molecule has 1 aliphatic carbocycles. The van der Waals surface area contributed by atoms with Crippen LogP contribution in [0.4, 0.5) is 0 Å². The minimum Gasteiger partial charge on any atom is -0.495 e. The predicted molar refractivity (Wildman–Crippen MR) is 89.6 cm³/mol. The first-order valence-corrected chi connectivity index (χ1v) is 8.59. The molecule has 0 spiro atoms.